The minimum atomic E-state index is -1.25. The number of rotatable bonds is 7. The average molecular weight is 496 g/mol. The van der Waals surface area contributed by atoms with Gasteiger partial charge in [-0.25, -0.2) is 9.67 Å². The number of carbonyl (C=O) groups excluding carboxylic acids is 2. The molecule has 2 fully saturated rings. The van der Waals surface area contributed by atoms with Crippen molar-refractivity contribution in [1.82, 2.24) is 25.0 Å². The van der Waals surface area contributed by atoms with E-state index in [-0.39, 0.29) is 35.9 Å². The Morgan fingerprint density at radius 3 is 2.68 bits per heavy atom. The minimum Gasteiger partial charge on any atom is -0.480 e. The van der Waals surface area contributed by atoms with Crippen LogP contribution in [0.1, 0.15) is 5.56 Å². The summed E-state index contributed by atoms with van der Waals surface area (Å²) in [5.74, 6) is -0.629. The molecule has 0 aliphatic carbocycles. The van der Waals surface area contributed by atoms with Crippen LogP contribution in [0.25, 0.3) is 5.82 Å². The number of benzene rings is 1. The Bertz CT molecular complexity index is 1220. The highest BCUT2D eigenvalue weighted by Gasteiger charge is 2.58. The number of hydrogen-bond donors (Lipinski definition) is 2. The van der Waals surface area contributed by atoms with Crippen LogP contribution in [0.2, 0.25) is 0 Å². The van der Waals surface area contributed by atoms with Crippen LogP contribution in [0, 0.1) is 0 Å². The van der Waals surface area contributed by atoms with Gasteiger partial charge in [0.1, 0.15) is 21.2 Å². The molecule has 0 bridgehead atoms. The summed E-state index contributed by atoms with van der Waals surface area (Å²) in [6.07, 6.45) is 3.43. The van der Waals surface area contributed by atoms with Gasteiger partial charge in [-0.3, -0.25) is 14.4 Å². The second-order valence-corrected chi connectivity index (χ2v) is 10.6. The number of pyridine rings is 1. The van der Waals surface area contributed by atoms with Gasteiger partial charge in [-0.2, -0.15) is 5.10 Å². The number of carboxylic acids is 1. The molecule has 2 aromatic heterocycles. The molecule has 1 unspecified atom stereocenters. The molecule has 3 aromatic rings. The molecule has 174 valence electrons. The smallest absolute Gasteiger partial charge is 0.322 e. The SMILES string of the molecule is O=C(Cc1ccccc1)N[C@@H]1C(=O)N2CC(Sc3ccnn3-c3ccccn3)(C(=O)O)CS[C@H]12. The van der Waals surface area contributed by atoms with Gasteiger partial charge in [0.25, 0.3) is 0 Å². The van der Waals surface area contributed by atoms with Gasteiger partial charge in [0.05, 0.1) is 12.6 Å². The first-order valence-electron chi connectivity index (χ1n) is 10.6. The monoisotopic (exact) mass is 495 g/mol. The Kier molecular flexibility index (Phi) is 6.05. The van der Waals surface area contributed by atoms with Gasteiger partial charge in [-0.05, 0) is 23.8 Å². The molecular weight excluding hydrogens is 474 g/mol. The zero-order chi connectivity index (χ0) is 23.7. The van der Waals surface area contributed by atoms with Gasteiger partial charge >= 0.3 is 5.97 Å². The van der Waals surface area contributed by atoms with Crippen LogP contribution in [-0.4, -0.2) is 71.0 Å². The van der Waals surface area contributed by atoms with E-state index in [0.717, 1.165) is 5.56 Å². The van der Waals surface area contributed by atoms with E-state index in [1.807, 2.05) is 36.4 Å². The maximum atomic E-state index is 12.9. The fourth-order valence-corrected chi connectivity index (χ4v) is 6.89. The van der Waals surface area contributed by atoms with Gasteiger partial charge in [-0.15, -0.1) is 11.8 Å². The Morgan fingerprint density at radius 2 is 1.94 bits per heavy atom. The molecular formula is C23H21N5O4S2. The highest BCUT2D eigenvalue weighted by molar-refractivity contribution is 8.05. The summed E-state index contributed by atoms with van der Waals surface area (Å²) >= 11 is 2.54. The molecule has 0 saturated carbocycles. The first-order chi connectivity index (χ1) is 16.5. The van der Waals surface area contributed by atoms with E-state index < -0.39 is 16.8 Å². The number of aliphatic carboxylic acids is 1. The predicted molar refractivity (Wildman–Crippen MR) is 128 cm³/mol. The third-order valence-electron chi connectivity index (χ3n) is 5.74. The fourth-order valence-electron chi connectivity index (χ4n) is 4.01. The molecule has 4 heterocycles. The summed E-state index contributed by atoms with van der Waals surface area (Å²) in [6, 6.07) is 15.8. The van der Waals surface area contributed by atoms with Crippen molar-refractivity contribution in [2.75, 3.05) is 12.3 Å². The number of carboxylic acid groups (broad SMARTS) is 1. The first kappa shape index (κ1) is 22.5. The number of β-lactam (4-membered cyclic amide) rings is 1. The van der Waals surface area contributed by atoms with Crippen molar-refractivity contribution in [3.63, 3.8) is 0 Å². The van der Waals surface area contributed by atoms with Gasteiger partial charge in [0, 0.05) is 18.5 Å². The van der Waals surface area contributed by atoms with E-state index in [2.05, 4.69) is 15.4 Å². The molecule has 2 N–H and O–H groups in total. The maximum Gasteiger partial charge on any atom is 0.322 e. The summed E-state index contributed by atoms with van der Waals surface area (Å²) < 4.78 is 0.346. The number of nitrogens with one attached hydrogen (secondary N) is 1. The van der Waals surface area contributed by atoms with Crippen LogP contribution < -0.4 is 5.32 Å². The lowest BCUT2D eigenvalue weighted by Gasteiger charge is -2.53. The molecule has 5 rings (SSSR count). The van der Waals surface area contributed by atoms with Gasteiger partial charge in [0.15, 0.2) is 5.82 Å². The average Bonchev–Trinajstić information content (AvgIpc) is 3.31. The fraction of sp³-hybridized carbons (Fsp3) is 0.261. The van der Waals surface area contributed by atoms with Crippen molar-refractivity contribution in [3.05, 3.63) is 72.6 Å². The quantitative estimate of drug-likeness (QED) is 0.477. The standard InChI is InChI=1S/C23H21N5O4S2/c29-17(12-15-6-2-1-3-7-15)26-19-20(30)27-13-23(22(31)32,14-33-21(19)27)34-18-9-11-25-28(18)16-8-4-5-10-24-16/h1-11,19,21H,12-14H2,(H,26,29)(H,31,32)/t19-,21-,23?/m1/s1. The third kappa shape index (κ3) is 4.16. The molecule has 2 saturated heterocycles. The van der Waals surface area contributed by atoms with E-state index >= 15 is 0 Å². The Balaban J connectivity index is 1.28. The summed E-state index contributed by atoms with van der Waals surface area (Å²) in [5, 5.41) is 17.6. The Hall–Kier alpha value is -3.31. The second kappa shape index (κ2) is 9.15. The molecule has 9 nitrogen and oxygen atoms in total. The lowest BCUT2D eigenvalue weighted by molar-refractivity contribution is -0.152. The van der Waals surface area contributed by atoms with E-state index in [0.29, 0.717) is 10.8 Å². The van der Waals surface area contributed by atoms with Crippen LogP contribution in [0.4, 0.5) is 0 Å². The summed E-state index contributed by atoms with van der Waals surface area (Å²) in [7, 11) is 0. The summed E-state index contributed by atoms with van der Waals surface area (Å²) in [5.41, 5.74) is 0.866. The van der Waals surface area contributed by atoms with Crippen molar-refractivity contribution < 1.29 is 19.5 Å². The van der Waals surface area contributed by atoms with Crippen LogP contribution in [0.5, 0.6) is 0 Å². The van der Waals surface area contributed by atoms with Crippen molar-refractivity contribution in [1.29, 1.82) is 0 Å². The molecule has 2 amide bonds. The Labute approximate surface area is 203 Å². The lowest BCUT2D eigenvalue weighted by Crippen LogP contribution is -2.74. The molecule has 2 aliphatic rings. The van der Waals surface area contributed by atoms with E-state index in [4.69, 9.17) is 0 Å². The normalized spacial score (nSPS) is 23.6. The van der Waals surface area contributed by atoms with Crippen LogP contribution in [0.3, 0.4) is 0 Å². The van der Waals surface area contributed by atoms with Crippen LogP contribution in [-0.2, 0) is 20.8 Å². The molecule has 2 aliphatic heterocycles. The molecule has 0 spiro atoms. The number of aromatic nitrogens is 3. The molecule has 34 heavy (non-hydrogen) atoms. The lowest BCUT2D eigenvalue weighted by atomic mass is 10.0. The number of fused-ring (bicyclic) bond motifs is 1. The van der Waals surface area contributed by atoms with Gasteiger partial charge in [0.2, 0.25) is 11.8 Å². The molecule has 1 aromatic carbocycles. The van der Waals surface area contributed by atoms with E-state index in [9.17, 15) is 19.5 Å². The minimum absolute atomic E-state index is 0.0436. The second-order valence-electron chi connectivity index (χ2n) is 8.05. The van der Waals surface area contributed by atoms with Crippen molar-refractivity contribution in [2.24, 2.45) is 0 Å². The zero-order valence-corrected chi connectivity index (χ0v) is 19.5. The zero-order valence-electron chi connectivity index (χ0n) is 17.9. The predicted octanol–water partition coefficient (Wildman–Crippen LogP) is 1.83. The van der Waals surface area contributed by atoms with Crippen molar-refractivity contribution in [2.45, 2.75) is 27.6 Å². The number of hydrogen-bond acceptors (Lipinski definition) is 7. The van der Waals surface area contributed by atoms with E-state index in [1.165, 1.54) is 23.5 Å². The third-order valence-corrected chi connectivity index (χ3v) is 8.81. The highest BCUT2D eigenvalue weighted by atomic mass is 32.2. The summed E-state index contributed by atoms with van der Waals surface area (Å²) in [6.45, 7) is 0.0436. The van der Waals surface area contributed by atoms with Crippen LogP contribution >= 0.6 is 23.5 Å². The number of amides is 2. The maximum absolute atomic E-state index is 12.9. The number of nitrogens with zero attached hydrogens (tertiary/aromatic N) is 4. The van der Waals surface area contributed by atoms with Crippen molar-refractivity contribution in [3.8, 4) is 5.82 Å². The van der Waals surface area contributed by atoms with Crippen LogP contribution in [0.15, 0.2) is 72.0 Å². The number of thioether (sulfide) groups is 2. The Morgan fingerprint density at radius 1 is 1.15 bits per heavy atom. The van der Waals surface area contributed by atoms with Gasteiger partial charge < -0.3 is 15.3 Å². The molecule has 3 atom stereocenters. The topological polar surface area (TPSA) is 117 Å². The van der Waals surface area contributed by atoms with E-state index in [1.54, 1.807) is 40.2 Å². The van der Waals surface area contributed by atoms with Gasteiger partial charge in [-0.1, -0.05) is 48.2 Å². The molecule has 0 radical (unpaired) electrons. The van der Waals surface area contributed by atoms with Crippen molar-refractivity contribution >= 4 is 41.3 Å². The first-order valence-corrected chi connectivity index (χ1v) is 12.5. The molecule has 11 heteroatoms. The summed E-state index contributed by atoms with van der Waals surface area (Å²) in [4.78, 5) is 43.5. The largest absolute Gasteiger partial charge is 0.480 e. The number of carbonyl (C=O) groups is 3. The highest BCUT2D eigenvalue weighted by Crippen LogP contribution is 2.46.